The van der Waals surface area contributed by atoms with Crippen LogP contribution in [-0.2, 0) is 6.54 Å². The molecule has 27 heavy (non-hydrogen) atoms. The summed E-state index contributed by atoms with van der Waals surface area (Å²) in [7, 11) is 1.80. The van der Waals surface area contributed by atoms with Gasteiger partial charge >= 0.3 is 0 Å². The van der Waals surface area contributed by atoms with Gasteiger partial charge in [0.1, 0.15) is 0 Å². The van der Waals surface area contributed by atoms with Crippen LogP contribution in [0, 0.1) is 0 Å². The highest BCUT2D eigenvalue weighted by molar-refractivity contribution is 5.97. The van der Waals surface area contributed by atoms with Gasteiger partial charge in [0, 0.05) is 31.3 Å². The van der Waals surface area contributed by atoms with E-state index in [1.807, 2.05) is 18.2 Å². The summed E-state index contributed by atoms with van der Waals surface area (Å²) in [4.78, 5) is 26.4. The zero-order chi connectivity index (χ0) is 19.2. The summed E-state index contributed by atoms with van der Waals surface area (Å²) in [6, 6.07) is 12.3. The molecule has 0 saturated heterocycles. The van der Waals surface area contributed by atoms with Crippen molar-refractivity contribution >= 4 is 11.8 Å². The number of unbranched alkanes of at least 4 members (excludes halogenated alkanes) is 1. The molecule has 1 aliphatic heterocycles. The third-order valence-electron chi connectivity index (χ3n) is 4.48. The maximum atomic E-state index is 12.3. The van der Waals surface area contributed by atoms with Crippen molar-refractivity contribution in [2.24, 2.45) is 0 Å². The van der Waals surface area contributed by atoms with Crippen molar-refractivity contribution in [3.63, 3.8) is 0 Å². The number of nitrogens with one attached hydrogen (secondary N) is 1. The molecule has 3 rings (SSSR count). The molecule has 0 radical (unpaired) electrons. The van der Waals surface area contributed by atoms with Crippen LogP contribution < -0.4 is 14.8 Å². The Kier molecular flexibility index (Phi) is 5.96. The molecule has 0 aliphatic carbocycles. The summed E-state index contributed by atoms with van der Waals surface area (Å²) in [5, 5.41) is 2.88. The molecular weight excluding hydrogens is 344 g/mol. The van der Waals surface area contributed by atoms with E-state index in [4.69, 9.17) is 9.47 Å². The molecule has 2 amide bonds. The molecular formula is C21H24N2O4. The largest absolute Gasteiger partial charge is 0.454 e. The van der Waals surface area contributed by atoms with E-state index in [1.54, 1.807) is 36.2 Å². The van der Waals surface area contributed by atoms with Gasteiger partial charge in [0.25, 0.3) is 11.8 Å². The molecule has 142 valence electrons. The highest BCUT2D eigenvalue weighted by Gasteiger charge is 2.15. The third kappa shape index (κ3) is 4.58. The van der Waals surface area contributed by atoms with Crippen LogP contribution in [0.4, 0.5) is 0 Å². The summed E-state index contributed by atoms with van der Waals surface area (Å²) in [5.41, 5.74) is 2.03. The van der Waals surface area contributed by atoms with E-state index < -0.39 is 0 Å². The van der Waals surface area contributed by atoms with Crippen LogP contribution in [0.5, 0.6) is 11.5 Å². The number of hydrogen-bond donors (Lipinski definition) is 1. The number of carbonyl (C=O) groups excluding carboxylic acids is 2. The zero-order valence-corrected chi connectivity index (χ0v) is 15.7. The van der Waals surface area contributed by atoms with Crippen molar-refractivity contribution in [3.05, 3.63) is 59.2 Å². The van der Waals surface area contributed by atoms with Gasteiger partial charge in [-0.2, -0.15) is 0 Å². The summed E-state index contributed by atoms with van der Waals surface area (Å²) < 4.78 is 10.6. The van der Waals surface area contributed by atoms with Gasteiger partial charge in [-0.1, -0.05) is 19.4 Å². The zero-order valence-electron chi connectivity index (χ0n) is 15.7. The Morgan fingerprint density at radius 3 is 2.48 bits per heavy atom. The molecule has 0 saturated carbocycles. The standard InChI is InChI=1S/C21H24N2O4/c1-3-4-11-23(2)21(25)17-8-6-16(7-9-17)20(24)22-13-15-5-10-18-19(12-15)27-14-26-18/h5-10,12H,3-4,11,13-14H2,1-2H3,(H,22,24). The average molecular weight is 368 g/mol. The fourth-order valence-corrected chi connectivity index (χ4v) is 2.82. The molecule has 1 heterocycles. The van der Waals surface area contributed by atoms with E-state index in [9.17, 15) is 9.59 Å². The number of hydrogen-bond acceptors (Lipinski definition) is 4. The van der Waals surface area contributed by atoms with Crippen LogP contribution in [0.25, 0.3) is 0 Å². The van der Waals surface area contributed by atoms with Crippen LogP contribution in [0.3, 0.4) is 0 Å². The number of fused-ring (bicyclic) bond motifs is 1. The van der Waals surface area contributed by atoms with E-state index in [1.165, 1.54) is 0 Å². The van der Waals surface area contributed by atoms with E-state index in [2.05, 4.69) is 12.2 Å². The summed E-state index contributed by atoms with van der Waals surface area (Å²) in [6.45, 7) is 3.43. The van der Waals surface area contributed by atoms with Crippen molar-refractivity contribution in [3.8, 4) is 11.5 Å². The number of rotatable bonds is 7. The Hall–Kier alpha value is -3.02. The Balaban J connectivity index is 1.56. The summed E-state index contributed by atoms with van der Waals surface area (Å²) in [5.74, 6) is 1.19. The molecule has 2 aromatic rings. The molecule has 0 bridgehead atoms. The molecule has 0 aromatic heterocycles. The highest BCUT2D eigenvalue weighted by atomic mass is 16.7. The van der Waals surface area contributed by atoms with E-state index >= 15 is 0 Å². The van der Waals surface area contributed by atoms with Gasteiger partial charge in [-0.25, -0.2) is 0 Å². The number of carbonyl (C=O) groups is 2. The minimum absolute atomic E-state index is 0.0317. The number of ether oxygens (including phenoxy) is 2. The third-order valence-corrected chi connectivity index (χ3v) is 4.48. The smallest absolute Gasteiger partial charge is 0.253 e. The van der Waals surface area contributed by atoms with E-state index in [0.717, 1.165) is 24.9 Å². The van der Waals surface area contributed by atoms with Crippen molar-refractivity contribution in [1.29, 1.82) is 0 Å². The first-order valence-corrected chi connectivity index (χ1v) is 9.10. The molecule has 6 heteroatoms. The quantitative estimate of drug-likeness (QED) is 0.815. The van der Waals surface area contributed by atoms with Crippen LogP contribution in [0.1, 0.15) is 46.0 Å². The molecule has 0 atom stereocenters. The molecule has 2 aromatic carbocycles. The fraction of sp³-hybridized carbons (Fsp3) is 0.333. The van der Waals surface area contributed by atoms with Gasteiger partial charge in [0.2, 0.25) is 6.79 Å². The molecule has 6 nitrogen and oxygen atoms in total. The number of benzene rings is 2. The first kappa shape index (κ1) is 18.8. The molecule has 0 fully saturated rings. The normalized spacial score (nSPS) is 11.9. The Morgan fingerprint density at radius 1 is 1.04 bits per heavy atom. The van der Waals surface area contributed by atoms with Gasteiger partial charge in [0.15, 0.2) is 11.5 Å². The van der Waals surface area contributed by atoms with Gasteiger partial charge in [-0.3, -0.25) is 9.59 Å². The van der Waals surface area contributed by atoms with Crippen molar-refractivity contribution in [1.82, 2.24) is 10.2 Å². The second-order valence-electron chi connectivity index (χ2n) is 6.53. The fourth-order valence-electron chi connectivity index (χ4n) is 2.82. The van der Waals surface area contributed by atoms with Crippen LogP contribution in [0.15, 0.2) is 42.5 Å². The lowest BCUT2D eigenvalue weighted by Crippen LogP contribution is -2.28. The average Bonchev–Trinajstić information content (AvgIpc) is 3.17. The Morgan fingerprint density at radius 2 is 1.74 bits per heavy atom. The SMILES string of the molecule is CCCCN(C)C(=O)c1ccc(C(=O)NCc2ccc3c(c2)OCO3)cc1. The first-order valence-electron chi connectivity index (χ1n) is 9.10. The molecule has 1 aliphatic rings. The van der Waals surface area contributed by atoms with Gasteiger partial charge in [-0.05, 0) is 48.4 Å². The highest BCUT2D eigenvalue weighted by Crippen LogP contribution is 2.32. The lowest BCUT2D eigenvalue weighted by molar-refractivity contribution is 0.0792. The molecule has 1 N–H and O–H groups in total. The van der Waals surface area contributed by atoms with E-state index in [0.29, 0.717) is 29.2 Å². The Labute approximate surface area is 159 Å². The lowest BCUT2D eigenvalue weighted by Gasteiger charge is -2.16. The Bertz CT molecular complexity index is 817. The van der Waals surface area contributed by atoms with Crippen molar-refractivity contribution in [2.75, 3.05) is 20.4 Å². The minimum Gasteiger partial charge on any atom is -0.454 e. The van der Waals surface area contributed by atoms with Crippen molar-refractivity contribution in [2.45, 2.75) is 26.3 Å². The van der Waals surface area contributed by atoms with E-state index in [-0.39, 0.29) is 18.6 Å². The van der Waals surface area contributed by atoms with Gasteiger partial charge < -0.3 is 19.7 Å². The predicted molar refractivity (Wildman–Crippen MR) is 102 cm³/mol. The maximum Gasteiger partial charge on any atom is 0.253 e. The predicted octanol–water partition coefficient (Wildman–Crippen LogP) is 3.22. The molecule has 0 spiro atoms. The lowest BCUT2D eigenvalue weighted by atomic mass is 10.1. The number of nitrogens with zero attached hydrogens (tertiary/aromatic N) is 1. The second-order valence-corrected chi connectivity index (χ2v) is 6.53. The van der Waals surface area contributed by atoms with Crippen LogP contribution in [0.2, 0.25) is 0 Å². The van der Waals surface area contributed by atoms with Crippen LogP contribution in [-0.4, -0.2) is 37.1 Å². The van der Waals surface area contributed by atoms with Crippen molar-refractivity contribution < 1.29 is 19.1 Å². The monoisotopic (exact) mass is 368 g/mol. The van der Waals surface area contributed by atoms with Gasteiger partial charge in [0.05, 0.1) is 0 Å². The minimum atomic E-state index is -0.189. The van der Waals surface area contributed by atoms with Crippen LogP contribution >= 0.6 is 0 Å². The topological polar surface area (TPSA) is 67.9 Å². The van der Waals surface area contributed by atoms with Gasteiger partial charge in [-0.15, -0.1) is 0 Å². The molecule has 0 unspecified atom stereocenters. The number of amides is 2. The maximum absolute atomic E-state index is 12.3. The second kappa shape index (κ2) is 8.58. The summed E-state index contributed by atoms with van der Waals surface area (Å²) in [6.07, 6.45) is 2.02. The summed E-state index contributed by atoms with van der Waals surface area (Å²) >= 11 is 0. The first-order chi connectivity index (χ1) is 13.1.